The molecule has 0 bridgehead atoms. The molecule has 2 rings (SSSR count). The largest absolute Gasteiger partial charge is 0.491 e. The van der Waals surface area contributed by atoms with Crippen LogP contribution in [0.3, 0.4) is 0 Å². The van der Waals surface area contributed by atoms with Crippen molar-refractivity contribution in [1.82, 2.24) is 19.6 Å². The second kappa shape index (κ2) is 23.9. The number of nitrogens with zero attached hydrogens (tertiary/aromatic N) is 4. The number of hydrogen-bond acceptors (Lipinski definition) is 13. The summed E-state index contributed by atoms with van der Waals surface area (Å²) in [5.41, 5.74) is 0.777. The zero-order valence-electron chi connectivity index (χ0n) is 28.1. The number of benzene rings is 1. The van der Waals surface area contributed by atoms with Gasteiger partial charge in [-0.15, -0.1) is 0 Å². The van der Waals surface area contributed by atoms with Crippen molar-refractivity contribution in [2.45, 2.75) is 19.4 Å². The van der Waals surface area contributed by atoms with Crippen LogP contribution >= 0.6 is 0 Å². The molecule has 1 fully saturated rings. The van der Waals surface area contributed by atoms with E-state index in [1.165, 1.54) is 7.11 Å². The van der Waals surface area contributed by atoms with Gasteiger partial charge < -0.3 is 39.0 Å². The molecule has 48 heavy (non-hydrogen) atoms. The third kappa shape index (κ3) is 17.7. The van der Waals surface area contributed by atoms with Crippen LogP contribution in [0.2, 0.25) is 0 Å². The predicted octanol–water partition coefficient (Wildman–Crippen LogP) is -0.305. The third-order valence-electron chi connectivity index (χ3n) is 7.69. The Morgan fingerprint density at radius 1 is 0.667 bits per heavy atom. The number of aliphatic carboxylic acids is 3. The first kappa shape index (κ1) is 40.8. The summed E-state index contributed by atoms with van der Waals surface area (Å²) in [5, 5.41) is 29.2. The Morgan fingerprint density at radius 3 is 1.58 bits per heavy atom. The summed E-state index contributed by atoms with van der Waals surface area (Å²) in [6.45, 7) is 7.05. The molecule has 272 valence electrons. The average Bonchev–Trinajstić information content (AvgIpc) is 3.04. The summed E-state index contributed by atoms with van der Waals surface area (Å²) in [6.07, 6.45) is 0.185. The van der Waals surface area contributed by atoms with Gasteiger partial charge in [0, 0.05) is 59.0 Å². The Morgan fingerprint density at radius 2 is 1.12 bits per heavy atom. The summed E-state index contributed by atoms with van der Waals surface area (Å²) in [6, 6.07) is 6.24. The van der Waals surface area contributed by atoms with Crippen molar-refractivity contribution in [3.63, 3.8) is 0 Å². The van der Waals surface area contributed by atoms with Crippen molar-refractivity contribution < 1.29 is 58.2 Å². The molecule has 1 aliphatic rings. The molecule has 0 saturated carbocycles. The standard InChI is InChI=1S/C32H52N4O12/c1-3-45-16-17-46-18-19-47-20-21-48-27-6-4-26(5-7-27)22-28(32(42)43)36-14-12-34(24-30(39)40)9-8-33(23-29(37)38)10-11-35(13-15-36)25-31(41)44-2/h4-7,28H,3,8-25H2,1-2H3,(H,37,38)(H,39,40)(H,42,43). The summed E-state index contributed by atoms with van der Waals surface area (Å²) in [7, 11) is 1.28. The monoisotopic (exact) mass is 684 g/mol. The van der Waals surface area contributed by atoms with Gasteiger partial charge in [0.1, 0.15) is 18.4 Å². The number of carbonyl (C=O) groups excluding carboxylic acids is 1. The molecule has 0 aromatic heterocycles. The first-order valence-electron chi connectivity index (χ1n) is 16.2. The first-order valence-corrected chi connectivity index (χ1v) is 16.2. The van der Waals surface area contributed by atoms with Gasteiger partial charge >= 0.3 is 23.9 Å². The molecule has 0 spiro atoms. The van der Waals surface area contributed by atoms with E-state index < -0.39 is 29.9 Å². The lowest BCUT2D eigenvalue weighted by Gasteiger charge is -2.35. The number of esters is 1. The molecule has 1 atom stereocenters. The van der Waals surface area contributed by atoms with E-state index in [2.05, 4.69) is 0 Å². The van der Waals surface area contributed by atoms with Crippen LogP contribution < -0.4 is 4.74 Å². The van der Waals surface area contributed by atoms with Crippen LogP contribution in [0, 0.1) is 0 Å². The van der Waals surface area contributed by atoms with Crippen molar-refractivity contribution in [2.75, 3.05) is 125 Å². The highest BCUT2D eigenvalue weighted by molar-refractivity contribution is 5.74. The molecule has 0 radical (unpaired) electrons. The number of carboxylic acids is 3. The minimum absolute atomic E-state index is 0.0388. The number of carboxylic acid groups (broad SMARTS) is 3. The van der Waals surface area contributed by atoms with E-state index in [0.717, 1.165) is 5.56 Å². The van der Waals surface area contributed by atoms with E-state index in [4.69, 9.17) is 23.7 Å². The van der Waals surface area contributed by atoms with Crippen molar-refractivity contribution in [3.05, 3.63) is 29.8 Å². The lowest BCUT2D eigenvalue weighted by atomic mass is 10.0. The summed E-state index contributed by atoms with van der Waals surface area (Å²) in [4.78, 5) is 54.8. The Balaban J connectivity index is 2.06. The van der Waals surface area contributed by atoms with Crippen LogP contribution in [0.1, 0.15) is 12.5 Å². The smallest absolute Gasteiger partial charge is 0.321 e. The SMILES string of the molecule is CCOCCOCCOCCOc1ccc(CC(C(=O)O)N2CCN(CC(=O)O)CCN(CC(=O)O)CCN(CC(=O)OC)CC2)cc1. The first-order chi connectivity index (χ1) is 23.1. The Labute approximate surface area is 282 Å². The van der Waals surface area contributed by atoms with E-state index in [1.54, 1.807) is 26.8 Å². The van der Waals surface area contributed by atoms with Crippen LogP contribution in [0.5, 0.6) is 5.75 Å². The highest BCUT2D eigenvalue weighted by Gasteiger charge is 2.28. The van der Waals surface area contributed by atoms with Gasteiger partial charge in [-0.3, -0.25) is 38.8 Å². The molecule has 0 aliphatic carbocycles. The van der Waals surface area contributed by atoms with Gasteiger partial charge in [0.15, 0.2) is 0 Å². The number of ether oxygens (including phenoxy) is 5. The number of rotatable bonds is 21. The lowest BCUT2D eigenvalue weighted by molar-refractivity contribution is -0.145. The summed E-state index contributed by atoms with van der Waals surface area (Å²) in [5.74, 6) is -2.92. The zero-order valence-corrected chi connectivity index (χ0v) is 28.1. The normalized spacial score (nSPS) is 16.8. The van der Waals surface area contributed by atoms with E-state index in [0.29, 0.717) is 71.6 Å². The number of methoxy groups -OCH3 is 1. The van der Waals surface area contributed by atoms with E-state index in [1.807, 2.05) is 24.0 Å². The Kier molecular flexibility index (Phi) is 20.3. The fourth-order valence-corrected chi connectivity index (χ4v) is 5.09. The predicted molar refractivity (Wildman–Crippen MR) is 173 cm³/mol. The molecule has 16 heteroatoms. The zero-order chi connectivity index (χ0) is 35.1. The quantitative estimate of drug-likeness (QED) is 0.113. The molecule has 1 aromatic carbocycles. The molecule has 1 heterocycles. The van der Waals surface area contributed by atoms with E-state index >= 15 is 0 Å². The Bertz CT molecular complexity index is 1090. The van der Waals surface area contributed by atoms with Crippen LogP contribution in [0.25, 0.3) is 0 Å². The molecule has 0 amide bonds. The van der Waals surface area contributed by atoms with Gasteiger partial charge in [-0.1, -0.05) is 12.1 Å². The van der Waals surface area contributed by atoms with E-state index in [9.17, 15) is 34.5 Å². The average molecular weight is 685 g/mol. The molecular formula is C32H52N4O12. The summed E-state index contributed by atoms with van der Waals surface area (Å²) >= 11 is 0. The second-order valence-corrected chi connectivity index (χ2v) is 11.2. The maximum Gasteiger partial charge on any atom is 0.321 e. The molecule has 16 nitrogen and oxygen atoms in total. The topological polar surface area (TPSA) is 188 Å². The minimum Gasteiger partial charge on any atom is -0.491 e. The molecule has 3 N–H and O–H groups in total. The highest BCUT2D eigenvalue weighted by Crippen LogP contribution is 2.16. The third-order valence-corrected chi connectivity index (χ3v) is 7.69. The minimum atomic E-state index is -1.03. The van der Waals surface area contributed by atoms with Gasteiger partial charge in [0.2, 0.25) is 0 Å². The van der Waals surface area contributed by atoms with Crippen LogP contribution in [-0.2, 0) is 44.5 Å². The molecule has 1 unspecified atom stereocenters. The van der Waals surface area contributed by atoms with Crippen LogP contribution in [0.15, 0.2) is 24.3 Å². The highest BCUT2D eigenvalue weighted by atomic mass is 16.6. The number of hydrogen-bond donors (Lipinski definition) is 3. The molecule has 1 saturated heterocycles. The van der Waals surface area contributed by atoms with Crippen molar-refractivity contribution >= 4 is 23.9 Å². The molecule has 1 aromatic rings. The van der Waals surface area contributed by atoms with Gasteiger partial charge in [-0.25, -0.2) is 0 Å². The number of carbonyl (C=O) groups is 4. The maximum absolute atomic E-state index is 12.6. The molecule has 1 aliphatic heterocycles. The molecular weight excluding hydrogens is 632 g/mol. The van der Waals surface area contributed by atoms with E-state index in [-0.39, 0.29) is 58.8 Å². The fourth-order valence-electron chi connectivity index (χ4n) is 5.09. The van der Waals surface area contributed by atoms with Gasteiger partial charge in [0.25, 0.3) is 0 Å². The fraction of sp³-hybridized carbons (Fsp3) is 0.688. The van der Waals surface area contributed by atoms with Gasteiger partial charge in [-0.2, -0.15) is 0 Å². The van der Waals surface area contributed by atoms with Gasteiger partial charge in [0.05, 0.1) is 59.8 Å². The van der Waals surface area contributed by atoms with Crippen LogP contribution in [0.4, 0.5) is 0 Å². The maximum atomic E-state index is 12.6. The van der Waals surface area contributed by atoms with Crippen LogP contribution in [-0.4, -0.2) is 190 Å². The van der Waals surface area contributed by atoms with Crippen molar-refractivity contribution in [3.8, 4) is 5.75 Å². The van der Waals surface area contributed by atoms with Gasteiger partial charge in [-0.05, 0) is 31.0 Å². The Hall–Kier alpha value is -3.38. The van der Waals surface area contributed by atoms with Crippen molar-refractivity contribution in [2.24, 2.45) is 0 Å². The summed E-state index contributed by atoms with van der Waals surface area (Å²) < 4.78 is 26.7. The van der Waals surface area contributed by atoms with Crippen molar-refractivity contribution in [1.29, 1.82) is 0 Å². The lowest BCUT2D eigenvalue weighted by Crippen LogP contribution is -2.52. The second-order valence-electron chi connectivity index (χ2n) is 11.2.